The van der Waals surface area contributed by atoms with Crippen LogP contribution in [0.3, 0.4) is 0 Å². The van der Waals surface area contributed by atoms with Gasteiger partial charge in [-0.05, 0) is 40.3 Å². The molecule has 0 fully saturated rings. The molecule has 0 atom stereocenters. The minimum atomic E-state index is -1.26. The van der Waals surface area contributed by atoms with Gasteiger partial charge in [0.2, 0.25) is 5.71 Å². The second-order valence-electron chi connectivity index (χ2n) is 13.5. The maximum absolute atomic E-state index is 12.7. The Morgan fingerprint density at radius 2 is 1.07 bits per heavy atom. The van der Waals surface area contributed by atoms with Gasteiger partial charge < -0.3 is 19.8 Å². The highest BCUT2D eigenvalue weighted by molar-refractivity contribution is 7.14. The largest absolute Gasteiger partial charge is 0.476 e. The van der Waals surface area contributed by atoms with E-state index in [0.717, 1.165) is 39.1 Å². The van der Waals surface area contributed by atoms with Gasteiger partial charge >= 0.3 is 5.97 Å². The third-order valence-electron chi connectivity index (χ3n) is 10.3. The Labute approximate surface area is 335 Å². The van der Waals surface area contributed by atoms with E-state index in [-0.39, 0.29) is 18.0 Å². The number of nitrogens with zero attached hydrogens (tertiary/aromatic N) is 4. The van der Waals surface area contributed by atoms with Gasteiger partial charge in [0, 0.05) is 11.1 Å². The topological polar surface area (TPSA) is 102 Å². The van der Waals surface area contributed by atoms with E-state index in [9.17, 15) is 9.90 Å². The Morgan fingerprint density at radius 1 is 0.667 bits per heavy atom. The van der Waals surface area contributed by atoms with E-state index in [4.69, 9.17) is 14.8 Å². The predicted molar refractivity (Wildman–Crippen MR) is 225 cm³/mol. The van der Waals surface area contributed by atoms with Crippen LogP contribution < -0.4 is 5.32 Å². The molecule has 0 spiro atoms. The molecule has 8 aromatic rings. The second kappa shape index (κ2) is 16.3. The minimum Gasteiger partial charge on any atom is -0.476 e. The Bertz CT molecular complexity index is 2390. The Kier molecular flexibility index (Phi) is 10.6. The zero-order valence-electron chi connectivity index (χ0n) is 31.1. The van der Waals surface area contributed by atoms with Gasteiger partial charge in [-0.25, -0.2) is 14.8 Å². The van der Waals surface area contributed by atoms with Gasteiger partial charge in [-0.2, -0.15) is 0 Å². The van der Waals surface area contributed by atoms with Crippen LogP contribution in [-0.4, -0.2) is 31.3 Å². The summed E-state index contributed by atoms with van der Waals surface area (Å²) in [5, 5.41) is 20.4. The van der Waals surface area contributed by atoms with Crippen molar-refractivity contribution in [1.29, 1.82) is 0 Å². The van der Waals surface area contributed by atoms with Crippen molar-refractivity contribution in [3.63, 3.8) is 0 Å². The van der Waals surface area contributed by atoms with Crippen LogP contribution in [0.15, 0.2) is 199 Å². The molecule has 2 heterocycles. The molecule has 0 amide bonds. The third kappa shape index (κ3) is 7.01. The lowest BCUT2D eigenvalue weighted by molar-refractivity contribution is -0.129. The molecule has 280 valence electrons. The highest BCUT2D eigenvalue weighted by Gasteiger charge is 2.40. The highest BCUT2D eigenvalue weighted by Crippen LogP contribution is 2.43. The lowest BCUT2D eigenvalue weighted by Gasteiger charge is -2.38. The number of hydrogen-bond donors (Lipinski definition) is 2. The van der Waals surface area contributed by atoms with Gasteiger partial charge in [-0.1, -0.05) is 187 Å². The second-order valence-corrected chi connectivity index (χ2v) is 14.3. The summed E-state index contributed by atoms with van der Waals surface area (Å²) in [5.74, 6) is -1.26. The van der Waals surface area contributed by atoms with Crippen LogP contribution in [0, 0.1) is 6.92 Å². The third-order valence-corrected chi connectivity index (χ3v) is 11.0. The lowest BCUT2D eigenvalue weighted by atomic mass is 9.76. The summed E-state index contributed by atoms with van der Waals surface area (Å²) in [5.41, 5.74) is 5.92. The molecule has 0 radical (unpaired) electrons. The molecule has 2 aromatic heterocycles. The van der Waals surface area contributed by atoms with E-state index < -0.39 is 17.0 Å². The number of carbonyl (C=O) groups is 1. The molecule has 2 N–H and O–H groups in total. The van der Waals surface area contributed by atoms with Crippen molar-refractivity contribution in [1.82, 2.24) is 14.5 Å². The van der Waals surface area contributed by atoms with Crippen molar-refractivity contribution < 1.29 is 14.7 Å². The van der Waals surface area contributed by atoms with Gasteiger partial charge in [0.25, 0.3) is 0 Å². The summed E-state index contributed by atoms with van der Waals surface area (Å²) in [6.07, 6.45) is 1.82. The fourth-order valence-corrected chi connectivity index (χ4v) is 8.37. The number of carboxylic acids is 1. The van der Waals surface area contributed by atoms with Crippen molar-refractivity contribution in [3.05, 3.63) is 244 Å². The van der Waals surface area contributed by atoms with Crippen LogP contribution in [0.4, 0.5) is 5.13 Å². The summed E-state index contributed by atoms with van der Waals surface area (Å²) < 4.78 is 2.16. The normalized spacial score (nSPS) is 11.9. The van der Waals surface area contributed by atoms with Gasteiger partial charge in [0.05, 0.1) is 6.33 Å². The molecule has 0 bridgehead atoms. The first-order chi connectivity index (χ1) is 28.0. The van der Waals surface area contributed by atoms with Crippen molar-refractivity contribution in [2.45, 2.75) is 24.6 Å². The Hall–Kier alpha value is -7.10. The molecule has 0 unspecified atom stereocenters. The number of benzene rings is 6. The van der Waals surface area contributed by atoms with Gasteiger partial charge in [0.15, 0.2) is 11.7 Å². The van der Waals surface area contributed by atoms with Crippen LogP contribution in [-0.2, 0) is 27.3 Å². The average molecular weight is 766 g/mol. The molecule has 57 heavy (non-hydrogen) atoms. The fraction of sp³-hybridized carbons (Fsp3) is 0.0833. The molecule has 0 saturated carbocycles. The summed E-state index contributed by atoms with van der Waals surface area (Å²) in [7, 11) is 0. The van der Waals surface area contributed by atoms with E-state index in [1.807, 2.05) is 122 Å². The monoisotopic (exact) mass is 765 g/mol. The number of aromatic nitrogens is 3. The van der Waals surface area contributed by atoms with Crippen molar-refractivity contribution in [3.8, 4) is 0 Å². The van der Waals surface area contributed by atoms with E-state index in [1.165, 1.54) is 11.3 Å². The number of hydrogen-bond acceptors (Lipinski definition) is 7. The van der Waals surface area contributed by atoms with Crippen LogP contribution in [0.25, 0.3) is 0 Å². The molecular weight excluding hydrogens is 727 g/mol. The molecule has 0 saturated heterocycles. The Balaban J connectivity index is 1.12. The molecule has 6 aromatic carbocycles. The zero-order valence-corrected chi connectivity index (χ0v) is 32.0. The predicted octanol–water partition coefficient (Wildman–Crippen LogP) is 9.90. The number of thiazole rings is 1. The van der Waals surface area contributed by atoms with Crippen molar-refractivity contribution in [2.24, 2.45) is 5.16 Å². The van der Waals surface area contributed by atoms with E-state index in [1.54, 1.807) is 5.38 Å². The van der Waals surface area contributed by atoms with E-state index in [2.05, 4.69) is 87.8 Å². The van der Waals surface area contributed by atoms with Crippen molar-refractivity contribution >= 4 is 28.1 Å². The van der Waals surface area contributed by atoms with Gasteiger partial charge in [-0.15, -0.1) is 11.3 Å². The highest BCUT2D eigenvalue weighted by atomic mass is 32.1. The van der Waals surface area contributed by atoms with Crippen LogP contribution in [0.5, 0.6) is 0 Å². The molecule has 0 aliphatic carbocycles. The molecule has 0 aliphatic rings. The molecular formula is C48H39N5O3S. The summed E-state index contributed by atoms with van der Waals surface area (Å²) in [6.45, 7) is 1.94. The smallest absolute Gasteiger partial charge is 0.360 e. The van der Waals surface area contributed by atoms with Gasteiger partial charge in [0.1, 0.15) is 22.5 Å². The Morgan fingerprint density at radius 3 is 1.47 bits per heavy atom. The first kappa shape index (κ1) is 36.9. The van der Waals surface area contributed by atoms with Crippen LogP contribution in [0.1, 0.15) is 50.5 Å². The van der Waals surface area contributed by atoms with Gasteiger partial charge in [-0.3, -0.25) is 0 Å². The van der Waals surface area contributed by atoms with Crippen LogP contribution >= 0.6 is 11.3 Å². The number of carboxylic acid groups (broad SMARTS) is 1. The number of rotatable bonds is 14. The maximum Gasteiger partial charge on any atom is 0.360 e. The fourth-order valence-electron chi connectivity index (χ4n) is 7.62. The molecule has 0 aliphatic heterocycles. The number of imidazole rings is 1. The van der Waals surface area contributed by atoms with Crippen LogP contribution in [0.2, 0.25) is 0 Å². The first-order valence-corrected chi connectivity index (χ1v) is 19.4. The molecule has 8 rings (SSSR count). The number of oxime groups is 1. The van der Waals surface area contributed by atoms with Crippen molar-refractivity contribution in [2.75, 3.05) is 5.32 Å². The lowest BCUT2D eigenvalue weighted by Crippen LogP contribution is -2.38. The summed E-state index contributed by atoms with van der Waals surface area (Å²) in [4.78, 5) is 28.1. The number of aliphatic carboxylic acids is 1. The first-order valence-electron chi connectivity index (χ1n) is 18.6. The summed E-state index contributed by atoms with van der Waals surface area (Å²) >= 11 is 1.30. The minimum absolute atomic E-state index is 0.0571. The number of anilines is 1. The zero-order chi connectivity index (χ0) is 39.1. The average Bonchev–Trinajstić information content (AvgIpc) is 3.89. The maximum atomic E-state index is 12.7. The molecule has 8 nitrogen and oxygen atoms in total. The SMILES string of the molecule is Cc1c(CO/N=C(\C(=O)O)c2csc(NC(c3ccccc3)(c3ccccc3)c3ccccc3)n2)ncn1C(c1ccccc1)(c1ccccc1)c1ccccc1. The quantitative estimate of drug-likeness (QED) is 0.0650. The molecule has 9 heteroatoms. The summed E-state index contributed by atoms with van der Waals surface area (Å²) in [6, 6.07) is 61.5. The van der Waals surface area contributed by atoms with E-state index >= 15 is 0 Å². The number of nitrogens with one attached hydrogen (secondary N) is 1. The van der Waals surface area contributed by atoms with E-state index in [0.29, 0.717) is 10.8 Å². The standard InChI is InChI=1S/C48H39N5O3S/c1-35-42(49-34-53(35)48(39-26-14-5-15-27-39,40-28-16-6-17-29-40)41-30-18-7-19-31-41)32-56-52-44(45(54)55)43-33-57-46(50-43)51-47(36-20-8-2-9-21-36,37-22-10-3-11-23-37)38-24-12-4-13-25-38/h2-31,33-34H,32H2,1H3,(H,50,51)(H,54,55)/b52-44-.